The number of rotatable bonds is 7. The van der Waals surface area contributed by atoms with Gasteiger partial charge in [0, 0.05) is 29.3 Å². The van der Waals surface area contributed by atoms with E-state index in [0.29, 0.717) is 23.0 Å². The third kappa shape index (κ3) is 5.15. The molecule has 26 heavy (non-hydrogen) atoms. The predicted molar refractivity (Wildman–Crippen MR) is 105 cm³/mol. The minimum absolute atomic E-state index is 0.274. The molecule has 0 radical (unpaired) electrons. The van der Waals surface area contributed by atoms with E-state index in [4.69, 9.17) is 4.74 Å². The van der Waals surface area contributed by atoms with Crippen molar-refractivity contribution in [1.82, 2.24) is 5.32 Å². The minimum atomic E-state index is -0.928. The van der Waals surface area contributed by atoms with Crippen LogP contribution in [0.15, 0.2) is 22.9 Å². The zero-order valence-corrected chi connectivity index (χ0v) is 16.8. The summed E-state index contributed by atoms with van der Waals surface area (Å²) in [6.07, 6.45) is -0.928. The van der Waals surface area contributed by atoms with Gasteiger partial charge in [-0.3, -0.25) is 9.59 Å². The minimum Gasteiger partial charge on any atom is -0.449 e. The van der Waals surface area contributed by atoms with Crippen LogP contribution in [0, 0.1) is 5.92 Å². The van der Waals surface area contributed by atoms with Crippen LogP contribution in [0.3, 0.4) is 0 Å². The summed E-state index contributed by atoms with van der Waals surface area (Å²) >= 11 is 2.74. The van der Waals surface area contributed by atoms with Gasteiger partial charge in [0.25, 0.3) is 5.91 Å². The van der Waals surface area contributed by atoms with Gasteiger partial charge in [0.1, 0.15) is 10.6 Å². The Kier molecular flexibility index (Phi) is 6.93. The summed E-state index contributed by atoms with van der Waals surface area (Å²) in [5.41, 5.74) is 0.963. The summed E-state index contributed by atoms with van der Waals surface area (Å²) in [5.74, 6) is -0.955. The van der Waals surface area contributed by atoms with Crippen LogP contribution < -0.4 is 10.6 Å². The summed E-state index contributed by atoms with van der Waals surface area (Å²) in [4.78, 5) is 37.1. The maximum absolute atomic E-state index is 12.7. The maximum Gasteiger partial charge on any atom is 0.342 e. The van der Waals surface area contributed by atoms with Crippen LogP contribution in [0.2, 0.25) is 0 Å². The van der Waals surface area contributed by atoms with Crippen molar-refractivity contribution in [3.05, 3.63) is 28.5 Å². The van der Waals surface area contributed by atoms with Gasteiger partial charge in [0.2, 0.25) is 5.91 Å². The molecule has 2 amide bonds. The average molecular weight is 395 g/mol. The molecule has 0 bridgehead atoms. The first-order valence-electron chi connectivity index (χ1n) is 8.21. The highest BCUT2D eigenvalue weighted by Crippen LogP contribution is 2.38. The Morgan fingerprint density at radius 2 is 1.92 bits per heavy atom. The van der Waals surface area contributed by atoms with E-state index in [2.05, 4.69) is 10.6 Å². The fraction of sp³-hybridized carbons (Fsp3) is 0.389. The summed E-state index contributed by atoms with van der Waals surface area (Å²) in [6, 6.07) is 3.77. The first-order chi connectivity index (χ1) is 12.3. The number of nitrogens with one attached hydrogen (secondary N) is 2. The Morgan fingerprint density at radius 3 is 2.50 bits per heavy atom. The summed E-state index contributed by atoms with van der Waals surface area (Å²) in [5, 5.41) is 9.53. The van der Waals surface area contributed by atoms with E-state index >= 15 is 0 Å². The summed E-state index contributed by atoms with van der Waals surface area (Å²) in [7, 11) is 0. The monoisotopic (exact) mass is 394 g/mol. The smallest absolute Gasteiger partial charge is 0.342 e. The highest BCUT2D eigenvalue weighted by atomic mass is 32.1. The van der Waals surface area contributed by atoms with Crippen LogP contribution in [-0.2, 0) is 14.3 Å². The van der Waals surface area contributed by atoms with Crippen LogP contribution >= 0.6 is 22.7 Å². The van der Waals surface area contributed by atoms with Crippen molar-refractivity contribution < 1.29 is 19.1 Å². The molecule has 8 heteroatoms. The van der Waals surface area contributed by atoms with Crippen molar-refractivity contribution >= 4 is 45.5 Å². The Balaban J connectivity index is 2.22. The van der Waals surface area contributed by atoms with Crippen molar-refractivity contribution in [2.24, 2.45) is 5.92 Å². The molecule has 0 fully saturated rings. The second-order valence-electron chi connectivity index (χ2n) is 6.20. The van der Waals surface area contributed by atoms with Gasteiger partial charge in [-0.25, -0.2) is 4.79 Å². The zero-order valence-electron chi connectivity index (χ0n) is 15.1. The molecule has 0 unspecified atom stereocenters. The van der Waals surface area contributed by atoms with E-state index in [0.717, 1.165) is 4.88 Å². The van der Waals surface area contributed by atoms with Crippen molar-refractivity contribution in [3.8, 4) is 10.4 Å². The molecule has 2 rings (SSSR count). The normalized spacial score (nSPS) is 11.9. The molecule has 0 aliphatic carbocycles. The number of esters is 1. The third-order valence-electron chi connectivity index (χ3n) is 3.41. The van der Waals surface area contributed by atoms with Gasteiger partial charge in [-0.15, -0.1) is 22.7 Å². The van der Waals surface area contributed by atoms with E-state index in [1.807, 2.05) is 31.4 Å². The van der Waals surface area contributed by atoms with Crippen LogP contribution in [0.5, 0.6) is 0 Å². The lowest BCUT2D eigenvalue weighted by Gasteiger charge is -2.15. The number of anilines is 1. The Morgan fingerprint density at radius 1 is 1.19 bits per heavy atom. The number of carbonyl (C=O) groups excluding carboxylic acids is 3. The van der Waals surface area contributed by atoms with Gasteiger partial charge in [-0.1, -0.05) is 19.9 Å². The van der Waals surface area contributed by atoms with Crippen molar-refractivity contribution in [2.45, 2.75) is 33.8 Å². The summed E-state index contributed by atoms with van der Waals surface area (Å²) < 4.78 is 5.36. The molecule has 1 atom stereocenters. The van der Waals surface area contributed by atoms with Crippen LogP contribution in [-0.4, -0.2) is 30.4 Å². The lowest BCUT2D eigenvalue weighted by atomic mass is 10.1. The van der Waals surface area contributed by atoms with Gasteiger partial charge in [0.15, 0.2) is 6.10 Å². The third-order valence-corrected chi connectivity index (χ3v) is 5.21. The van der Waals surface area contributed by atoms with Crippen molar-refractivity contribution in [2.75, 3.05) is 11.9 Å². The SMILES string of the molecule is CC(=O)Nc1scc(-c2cccs2)c1C(=O)O[C@H](C)C(=O)NCC(C)C. The van der Waals surface area contributed by atoms with Crippen LogP contribution in [0.25, 0.3) is 10.4 Å². The lowest BCUT2D eigenvalue weighted by molar-refractivity contribution is -0.129. The molecular formula is C18H22N2O4S2. The second-order valence-corrected chi connectivity index (χ2v) is 8.03. The molecule has 0 aliphatic heterocycles. The first kappa shape index (κ1) is 20.1. The van der Waals surface area contributed by atoms with E-state index in [1.54, 1.807) is 5.38 Å². The Hall–Kier alpha value is -2.19. The number of hydrogen-bond donors (Lipinski definition) is 2. The Labute approximate surface area is 160 Å². The first-order valence-corrected chi connectivity index (χ1v) is 9.97. The largest absolute Gasteiger partial charge is 0.449 e. The highest BCUT2D eigenvalue weighted by molar-refractivity contribution is 7.17. The number of hydrogen-bond acceptors (Lipinski definition) is 6. The lowest BCUT2D eigenvalue weighted by Crippen LogP contribution is -2.37. The van der Waals surface area contributed by atoms with E-state index in [1.165, 1.54) is 36.5 Å². The number of amides is 2. The topological polar surface area (TPSA) is 84.5 Å². The predicted octanol–water partition coefficient (Wildman–Crippen LogP) is 3.75. The van der Waals surface area contributed by atoms with E-state index in [9.17, 15) is 14.4 Å². The molecule has 2 aromatic rings. The summed E-state index contributed by atoms with van der Waals surface area (Å²) in [6.45, 7) is 7.38. The number of ether oxygens (including phenoxy) is 1. The van der Waals surface area contributed by atoms with Gasteiger partial charge >= 0.3 is 5.97 Å². The molecule has 0 spiro atoms. The van der Waals surface area contributed by atoms with Gasteiger partial charge in [-0.05, 0) is 24.3 Å². The molecule has 140 valence electrons. The Bertz CT molecular complexity index is 781. The number of thiophene rings is 2. The van der Waals surface area contributed by atoms with Crippen molar-refractivity contribution in [3.63, 3.8) is 0 Å². The quantitative estimate of drug-likeness (QED) is 0.701. The second kappa shape index (κ2) is 8.95. The number of carbonyl (C=O) groups is 3. The molecule has 2 heterocycles. The van der Waals surface area contributed by atoms with Crippen LogP contribution in [0.1, 0.15) is 38.1 Å². The highest BCUT2D eigenvalue weighted by Gasteiger charge is 2.26. The standard InChI is InChI=1S/C18H22N2O4S2/c1-10(2)8-19-16(22)11(3)24-18(23)15-13(14-6-5-7-25-14)9-26-17(15)20-12(4)21/h5-7,9-11H,8H2,1-4H3,(H,19,22)(H,20,21)/t11-/m1/s1. The molecule has 0 aliphatic rings. The fourth-order valence-corrected chi connectivity index (χ4v) is 3.96. The van der Waals surface area contributed by atoms with Gasteiger partial charge in [-0.2, -0.15) is 0 Å². The maximum atomic E-state index is 12.7. The van der Waals surface area contributed by atoms with E-state index in [-0.39, 0.29) is 17.4 Å². The van der Waals surface area contributed by atoms with Crippen molar-refractivity contribution in [1.29, 1.82) is 0 Å². The van der Waals surface area contributed by atoms with Gasteiger partial charge < -0.3 is 15.4 Å². The van der Waals surface area contributed by atoms with Gasteiger partial charge in [0.05, 0.1) is 0 Å². The average Bonchev–Trinajstić information content (AvgIpc) is 3.20. The molecule has 2 N–H and O–H groups in total. The fourth-order valence-electron chi connectivity index (χ4n) is 2.15. The molecule has 0 saturated carbocycles. The molecular weight excluding hydrogens is 372 g/mol. The molecule has 0 saturated heterocycles. The molecule has 0 aromatic carbocycles. The zero-order chi connectivity index (χ0) is 19.3. The van der Waals surface area contributed by atoms with Crippen LogP contribution in [0.4, 0.5) is 5.00 Å². The molecule has 6 nitrogen and oxygen atoms in total. The molecule has 2 aromatic heterocycles. The van der Waals surface area contributed by atoms with E-state index < -0.39 is 12.1 Å².